The maximum absolute atomic E-state index is 12.9. The maximum atomic E-state index is 12.9. The second kappa shape index (κ2) is 8.00. The standard InChI is InChI=1S/C19H12F3N5O4S/c1-9(28)24-15-16(26-31-25-15)27-17(29)14(32-18(27)23)8-12-5-6-13(30-12)10-3-2-4-11(7-10)19(20,21)22/h2-8,23H,1H3,(H,24,25,28). The van der Waals surface area contributed by atoms with Crippen LogP contribution in [0.25, 0.3) is 17.4 Å². The zero-order valence-corrected chi connectivity index (χ0v) is 16.9. The van der Waals surface area contributed by atoms with Crippen LogP contribution in [0.3, 0.4) is 0 Å². The van der Waals surface area contributed by atoms with E-state index in [0.717, 1.165) is 28.8 Å². The van der Waals surface area contributed by atoms with E-state index in [-0.39, 0.29) is 38.8 Å². The third-order valence-corrected chi connectivity index (χ3v) is 5.06. The van der Waals surface area contributed by atoms with Crippen molar-refractivity contribution in [2.75, 3.05) is 10.2 Å². The normalized spacial score (nSPS) is 15.6. The number of furan rings is 1. The maximum Gasteiger partial charge on any atom is 0.416 e. The van der Waals surface area contributed by atoms with Crippen LogP contribution < -0.4 is 10.2 Å². The number of nitrogens with one attached hydrogen (secondary N) is 2. The van der Waals surface area contributed by atoms with E-state index in [4.69, 9.17) is 9.83 Å². The SMILES string of the molecule is CC(=O)Nc1nonc1N1C(=N)SC(=Cc2ccc(-c3cccc(C(F)(F)F)c3)o2)C1=O. The molecule has 1 saturated heterocycles. The zero-order valence-electron chi connectivity index (χ0n) is 16.1. The summed E-state index contributed by atoms with van der Waals surface area (Å²) in [5.74, 6) is -1.01. The van der Waals surface area contributed by atoms with Crippen LogP contribution in [0.2, 0.25) is 0 Å². The van der Waals surface area contributed by atoms with Gasteiger partial charge in [0, 0.05) is 18.6 Å². The number of rotatable bonds is 4. The quantitative estimate of drug-likeness (QED) is 0.551. The second-order valence-corrected chi connectivity index (χ2v) is 7.49. The average Bonchev–Trinajstić information content (AvgIpc) is 3.42. The van der Waals surface area contributed by atoms with E-state index < -0.39 is 23.6 Å². The van der Waals surface area contributed by atoms with Gasteiger partial charge < -0.3 is 9.73 Å². The molecule has 3 heterocycles. The molecule has 2 aromatic heterocycles. The Morgan fingerprint density at radius 2 is 2.03 bits per heavy atom. The van der Waals surface area contributed by atoms with Gasteiger partial charge in [-0.05, 0) is 46.3 Å². The summed E-state index contributed by atoms with van der Waals surface area (Å²) in [4.78, 5) is 25.1. The third kappa shape index (κ3) is 4.14. The monoisotopic (exact) mass is 463 g/mol. The van der Waals surface area contributed by atoms with Crippen LogP contribution in [0.5, 0.6) is 0 Å². The van der Waals surface area contributed by atoms with Gasteiger partial charge in [0.1, 0.15) is 11.5 Å². The number of aromatic nitrogens is 2. The highest BCUT2D eigenvalue weighted by Gasteiger charge is 2.38. The van der Waals surface area contributed by atoms with Crippen LogP contribution in [0.4, 0.5) is 24.8 Å². The van der Waals surface area contributed by atoms with E-state index in [1.165, 1.54) is 37.3 Å². The van der Waals surface area contributed by atoms with Crippen molar-refractivity contribution in [1.29, 1.82) is 5.41 Å². The number of alkyl halides is 3. The van der Waals surface area contributed by atoms with Gasteiger partial charge in [-0.15, -0.1) is 0 Å². The fourth-order valence-electron chi connectivity index (χ4n) is 2.82. The summed E-state index contributed by atoms with van der Waals surface area (Å²) in [7, 11) is 0. The van der Waals surface area contributed by atoms with Crippen molar-refractivity contribution in [3.63, 3.8) is 0 Å². The Bertz CT molecular complexity index is 1260. The minimum atomic E-state index is -4.49. The Hall–Kier alpha value is -3.87. The van der Waals surface area contributed by atoms with Gasteiger partial charge in [0.25, 0.3) is 5.91 Å². The first-order chi connectivity index (χ1) is 15.1. The Balaban J connectivity index is 1.59. The highest BCUT2D eigenvalue weighted by Crippen LogP contribution is 2.38. The smallest absolute Gasteiger partial charge is 0.416 e. The van der Waals surface area contributed by atoms with Crippen molar-refractivity contribution in [3.05, 3.63) is 52.6 Å². The minimum absolute atomic E-state index is 0.0942. The predicted molar refractivity (Wildman–Crippen MR) is 109 cm³/mol. The van der Waals surface area contributed by atoms with Crippen LogP contribution in [0, 0.1) is 5.41 Å². The zero-order chi connectivity index (χ0) is 23.0. The Kier molecular flexibility index (Phi) is 5.34. The molecule has 1 fully saturated rings. The van der Waals surface area contributed by atoms with Gasteiger partial charge in [-0.3, -0.25) is 15.0 Å². The van der Waals surface area contributed by atoms with E-state index in [2.05, 4.69) is 20.3 Å². The number of anilines is 2. The van der Waals surface area contributed by atoms with Crippen LogP contribution in [-0.4, -0.2) is 27.3 Å². The van der Waals surface area contributed by atoms with E-state index in [1.807, 2.05) is 0 Å². The van der Waals surface area contributed by atoms with Gasteiger partial charge in [-0.2, -0.15) is 13.2 Å². The van der Waals surface area contributed by atoms with Gasteiger partial charge >= 0.3 is 6.18 Å². The van der Waals surface area contributed by atoms with E-state index in [9.17, 15) is 22.8 Å². The fraction of sp³-hybridized carbons (Fsp3) is 0.105. The number of thioether (sulfide) groups is 1. The van der Waals surface area contributed by atoms with Crippen molar-refractivity contribution in [2.45, 2.75) is 13.1 Å². The average molecular weight is 463 g/mol. The lowest BCUT2D eigenvalue weighted by molar-refractivity contribution is -0.137. The lowest BCUT2D eigenvalue weighted by Crippen LogP contribution is -2.29. The van der Waals surface area contributed by atoms with E-state index in [0.29, 0.717) is 0 Å². The predicted octanol–water partition coefficient (Wildman–Crippen LogP) is 4.36. The molecular weight excluding hydrogens is 451 g/mol. The molecule has 1 aromatic carbocycles. The van der Waals surface area contributed by atoms with Crippen LogP contribution in [0.15, 0.2) is 50.3 Å². The molecule has 0 atom stereocenters. The lowest BCUT2D eigenvalue weighted by atomic mass is 10.1. The third-order valence-electron chi connectivity index (χ3n) is 4.18. The summed E-state index contributed by atoms with van der Waals surface area (Å²) in [6.07, 6.45) is -3.14. The second-order valence-electron chi connectivity index (χ2n) is 6.45. The number of amidine groups is 1. The number of benzene rings is 1. The molecule has 9 nitrogen and oxygen atoms in total. The minimum Gasteiger partial charge on any atom is -0.457 e. The van der Waals surface area contributed by atoms with Gasteiger partial charge in [-0.25, -0.2) is 9.53 Å². The molecule has 1 aliphatic heterocycles. The molecular formula is C19H12F3N5O4S. The molecule has 0 bridgehead atoms. The molecule has 0 spiro atoms. The van der Waals surface area contributed by atoms with Crippen molar-refractivity contribution in [3.8, 4) is 11.3 Å². The largest absolute Gasteiger partial charge is 0.457 e. The van der Waals surface area contributed by atoms with E-state index >= 15 is 0 Å². The number of carbonyl (C=O) groups excluding carboxylic acids is 2. The van der Waals surface area contributed by atoms with Crippen LogP contribution >= 0.6 is 11.8 Å². The molecule has 2 N–H and O–H groups in total. The molecule has 0 unspecified atom stereocenters. The molecule has 4 rings (SSSR count). The lowest BCUT2D eigenvalue weighted by Gasteiger charge is -2.10. The Labute approximate surface area is 181 Å². The van der Waals surface area contributed by atoms with Gasteiger partial charge in [-0.1, -0.05) is 12.1 Å². The summed E-state index contributed by atoms with van der Waals surface area (Å²) in [6, 6.07) is 7.63. The molecule has 0 radical (unpaired) electrons. The Morgan fingerprint density at radius 1 is 1.25 bits per heavy atom. The topological polar surface area (TPSA) is 125 Å². The van der Waals surface area contributed by atoms with Gasteiger partial charge in [0.05, 0.1) is 10.5 Å². The molecule has 1 aliphatic rings. The summed E-state index contributed by atoms with van der Waals surface area (Å²) in [5, 5.41) is 17.3. The number of amides is 2. The van der Waals surface area contributed by atoms with Gasteiger partial charge in [0.15, 0.2) is 5.17 Å². The number of nitrogens with zero attached hydrogens (tertiary/aromatic N) is 3. The molecule has 0 saturated carbocycles. The fourth-order valence-corrected chi connectivity index (χ4v) is 3.64. The van der Waals surface area contributed by atoms with Crippen molar-refractivity contribution in [2.24, 2.45) is 0 Å². The molecule has 164 valence electrons. The molecule has 32 heavy (non-hydrogen) atoms. The van der Waals surface area contributed by atoms with Crippen molar-refractivity contribution in [1.82, 2.24) is 10.3 Å². The Morgan fingerprint density at radius 3 is 2.75 bits per heavy atom. The first kappa shape index (κ1) is 21.4. The summed E-state index contributed by atoms with van der Waals surface area (Å²) in [5.41, 5.74) is -0.592. The van der Waals surface area contributed by atoms with Crippen molar-refractivity contribution >= 4 is 46.5 Å². The van der Waals surface area contributed by atoms with Crippen LogP contribution in [0.1, 0.15) is 18.2 Å². The van der Waals surface area contributed by atoms with E-state index in [1.54, 1.807) is 0 Å². The first-order valence-electron chi connectivity index (χ1n) is 8.83. The summed E-state index contributed by atoms with van der Waals surface area (Å²) < 4.78 is 49.0. The highest BCUT2D eigenvalue weighted by atomic mass is 32.2. The number of carbonyl (C=O) groups is 2. The first-order valence-corrected chi connectivity index (χ1v) is 9.65. The molecule has 3 aromatic rings. The molecule has 13 heteroatoms. The van der Waals surface area contributed by atoms with Crippen molar-refractivity contribution < 1.29 is 31.8 Å². The van der Waals surface area contributed by atoms with Crippen LogP contribution in [-0.2, 0) is 15.8 Å². The van der Waals surface area contributed by atoms with Gasteiger partial charge in [0.2, 0.25) is 17.5 Å². The molecule has 0 aliphatic carbocycles. The highest BCUT2D eigenvalue weighted by molar-refractivity contribution is 8.19. The molecule has 2 amide bonds. The number of halogens is 3. The number of hydrogen-bond donors (Lipinski definition) is 2. The summed E-state index contributed by atoms with van der Waals surface area (Å²) in [6.45, 7) is 1.23. The number of hydrogen-bond acceptors (Lipinski definition) is 8. The summed E-state index contributed by atoms with van der Waals surface area (Å²) >= 11 is 0.803.